The summed E-state index contributed by atoms with van der Waals surface area (Å²) in [4.78, 5) is 27.1. The van der Waals surface area contributed by atoms with E-state index in [2.05, 4.69) is 20.4 Å². The summed E-state index contributed by atoms with van der Waals surface area (Å²) in [5.41, 5.74) is 2.05. The van der Waals surface area contributed by atoms with Gasteiger partial charge in [0.1, 0.15) is 23.2 Å². The van der Waals surface area contributed by atoms with Gasteiger partial charge in [0, 0.05) is 25.9 Å². The van der Waals surface area contributed by atoms with Crippen molar-refractivity contribution in [2.75, 3.05) is 17.3 Å². The Kier molecular flexibility index (Phi) is 6.54. The Morgan fingerprint density at radius 1 is 1.12 bits per heavy atom. The lowest BCUT2D eigenvalue weighted by Gasteiger charge is -2.34. The van der Waals surface area contributed by atoms with Gasteiger partial charge in [-0.1, -0.05) is 19.4 Å². The Hall–Kier alpha value is -3.50. The molecule has 3 aromatic heterocycles. The molecule has 4 heterocycles. The van der Waals surface area contributed by atoms with E-state index < -0.39 is 11.9 Å². The summed E-state index contributed by atoms with van der Waals surface area (Å²) in [5.74, 6) is 1.37. The molecule has 1 N–H and O–H groups in total. The van der Waals surface area contributed by atoms with Crippen LogP contribution in [0.25, 0.3) is 0 Å². The maximum absolute atomic E-state index is 12.7. The second kappa shape index (κ2) is 9.40. The maximum Gasteiger partial charge on any atom is 0.433 e. The molecule has 0 unspecified atom stereocenters. The first-order valence-electron chi connectivity index (χ1n) is 11.1. The summed E-state index contributed by atoms with van der Waals surface area (Å²) in [7, 11) is 1.88. The number of halogens is 3. The van der Waals surface area contributed by atoms with Crippen LogP contribution in [0.1, 0.15) is 48.1 Å². The number of carbonyl (C=O) groups excluding carboxylic acids is 1. The third-order valence-corrected chi connectivity index (χ3v) is 5.82. The van der Waals surface area contributed by atoms with Crippen LogP contribution in [0, 0.1) is 6.92 Å². The minimum atomic E-state index is -4.45. The van der Waals surface area contributed by atoms with E-state index in [9.17, 15) is 18.0 Å². The molecule has 4 rings (SSSR count). The highest BCUT2D eigenvalue weighted by Gasteiger charge is 2.33. The minimum absolute atomic E-state index is 0.0352. The van der Waals surface area contributed by atoms with Gasteiger partial charge in [-0.15, -0.1) is 0 Å². The van der Waals surface area contributed by atoms with E-state index in [-0.39, 0.29) is 11.9 Å². The zero-order valence-corrected chi connectivity index (χ0v) is 19.2. The molecule has 0 fully saturated rings. The number of carbonyl (C=O) groups is 1. The molecule has 0 saturated carbocycles. The fourth-order valence-electron chi connectivity index (χ4n) is 4.01. The molecular weight excluding hydrogens is 447 g/mol. The van der Waals surface area contributed by atoms with Crippen LogP contribution >= 0.6 is 0 Å². The molecule has 0 aromatic carbocycles. The molecule has 0 radical (unpaired) electrons. The van der Waals surface area contributed by atoms with Gasteiger partial charge in [0.05, 0.1) is 18.4 Å². The van der Waals surface area contributed by atoms with Gasteiger partial charge in [-0.25, -0.2) is 9.97 Å². The molecule has 0 spiro atoms. The normalized spacial score (nSPS) is 15.9. The van der Waals surface area contributed by atoms with E-state index >= 15 is 0 Å². The third kappa shape index (κ3) is 5.02. The molecule has 8 nitrogen and oxygen atoms in total. The Labute approximate surface area is 195 Å². The first-order valence-corrected chi connectivity index (χ1v) is 11.1. The maximum atomic E-state index is 12.7. The molecule has 1 aliphatic rings. The van der Waals surface area contributed by atoms with Crippen molar-refractivity contribution < 1.29 is 18.0 Å². The fourth-order valence-corrected chi connectivity index (χ4v) is 4.01. The highest BCUT2D eigenvalue weighted by atomic mass is 19.4. The van der Waals surface area contributed by atoms with E-state index in [4.69, 9.17) is 4.98 Å². The molecule has 1 atom stereocenters. The topological polar surface area (TPSA) is 88.8 Å². The highest BCUT2D eigenvalue weighted by molar-refractivity contribution is 6.03. The van der Waals surface area contributed by atoms with Gasteiger partial charge < -0.3 is 10.2 Å². The molecule has 1 aliphatic heterocycles. The number of anilines is 2. The fraction of sp³-hybridized carbons (Fsp3) is 0.435. The number of aromatic nitrogens is 5. The largest absolute Gasteiger partial charge is 0.433 e. The second-order valence-electron chi connectivity index (χ2n) is 8.42. The number of hydrogen-bond acceptors (Lipinski definition) is 6. The highest BCUT2D eigenvalue weighted by Crippen LogP contribution is 2.32. The van der Waals surface area contributed by atoms with Crippen molar-refractivity contribution >= 4 is 17.4 Å². The van der Waals surface area contributed by atoms with Crippen molar-refractivity contribution in [2.45, 2.75) is 58.3 Å². The van der Waals surface area contributed by atoms with E-state index in [1.54, 1.807) is 10.9 Å². The second-order valence-corrected chi connectivity index (χ2v) is 8.42. The number of alkyl halides is 3. The van der Waals surface area contributed by atoms with Crippen LogP contribution in [-0.4, -0.2) is 43.7 Å². The van der Waals surface area contributed by atoms with Crippen molar-refractivity contribution in [1.82, 2.24) is 24.7 Å². The molecule has 0 saturated heterocycles. The van der Waals surface area contributed by atoms with E-state index in [1.807, 2.05) is 32.0 Å². The SMILES string of the molecule is CCC[C@@H]1C(=O)Nc2c(C)nc(CCc3cnn(Cc4ccc(C(F)(F)F)nc4)c3)nc2N1C. The Morgan fingerprint density at radius 2 is 1.91 bits per heavy atom. The lowest BCUT2D eigenvalue weighted by molar-refractivity contribution is -0.141. The van der Waals surface area contributed by atoms with Crippen LogP contribution in [0.3, 0.4) is 0 Å². The molecule has 0 bridgehead atoms. The van der Waals surface area contributed by atoms with Gasteiger partial charge in [-0.3, -0.25) is 14.5 Å². The summed E-state index contributed by atoms with van der Waals surface area (Å²) in [6.07, 6.45) is 3.22. The summed E-state index contributed by atoms with van der Waals surface area (Å²) in [6.45, 7) is 4.22. The summed E-state index contributed by atoms with van der Waals surface area (Å²) >= 11 is 0. The van der Waals surface area contributed by atoms with Crippen LogP contribution in [0.15, 0.2) is 30.7 Å². The van der Waals surface area contributed by atoms with Gasteiger partial charge >= 0.3 is 6.18 Å². The van der Waals surface area contributed by atoms with Crippen molar-refractivity contribution in [3.05, 3.63) is 59.1 Å². The van der Waals surface area contributed by atoms with Gasteiger partial charge in [0.2, 0.25) is 5.91 Å². The van der Waals surface area contributed by atoms with Crippen LogP contribution in [-0.2, 0) is 30.4 Å². The monoisotopic (exact) mass is 473 g/mol. The number of fused-ring (bicyclic) bond motifs is 1. The average molecular weight is 474 g/mol. The molecule has 1 amide bonds. The predicted octanol–water partition coefficient (Wildman–Crippen LogP) is 3.79. The number of pyridine rings is 1. The number of rotatable bonds is 7. The number of aryl methyl sites for hydroxylation is 3. The molecule has 11 heteroatoms. The summed E-state index contributed by atoms with van der Waals surface area (Å²) in [5, 5.41) is 7.25. The molecule has 180 valence electrons. The van der Waals surface area contributed by atoms with Crippen molar-refractivity contribution in [1.29, 1.82) is 0 Å². The van der Waals surface area contributed by atoms with Gasteiger partial charge in [0.15, 0.2) is 5.82 Å². The summed E-state index contributed by atoms with van der Waals surface area (Å²) in [6, 6.07) is 2.12. The average Bonchev–Trinajstić information content (AvgIpc) is 3.23. The van der Waals surface area contributed by atoms with Crippen LogP contribution in [0.4, 0.5) is 24.7 Å². The Balaban J connectivity index is 1.42. The number of hydrogen-bond donors (Lipinski definition) is 1. The van der Waals surface area contributed by atoms with Crippen LogP contribution < -0.4 is 10.2 Å². The minimum Gasteiger partial charge on any atom is -0.346 e. The van der Waals surface area contributed by atoms with Crippen LogP contribution in [0.5, 0.6) is 0 Å². The number of nitrogens with zero attached hydrogens (tertiary/aromatic N) is 6. The zero-order valence-electron chi connectivity index (χ0n) is 19.2. The van der Waals surface area contributed by atoms with E-state index in [0.717, 1.165) is 36.0 Å². The molecule has 34 heavy (non-hydrogen) atoms. The van der Waals surface area contributed by atoms with Crippen molar-refractivity contribution in [3.8, 4) is 0 Å². The van der Waals surface area contributed by atoms with Gasteiger partial charge in [-0.05, 0) is 37.0 Å². The van der Waals surface area contributed by atoms with Gasteiger partial charge in [0.25, 0.3) is 0 Å². The van der Waals surface area contributed by atoms with Crippen molar-refractivity contribution in [3.63, 3.8) is 0 Å². The quantitative estimate of drug-likeness (QED) is 0.562. The molecule has 3 aromatic rings. The smallest absolute Gasteiger partial charge is 0.346 e. The Bertz CT molecular complexity index is 1170. The summed E-state index contributed by atoms with van der Waals surface area (Å²) < 4.78 is 39.7. The van der Waals surface area contributed by atoms with Gasteiger partial charge in [-0.2, -0.15) is 18.3 Å². The van der Waals surface area contributed by atoms with Crippen LogP contribution in [0.2, 0.25) is 0 Å². The third-order valence-electron chi connectivity index (χ3n) is 5.82. The first-order chi connectivity index (χ1) is 16.2. The molecule has 0 aliphatic carbocycles. The number of nitrogens with one attached hydrogen (secondary N) is 1. The number of likely N-dealkylation sites (N-methyl/N-ethyl adjacent to an activating group) is 1. The Morgan fingerprint density at radius 3 is 2.59 bits per heavy atom. The van der Waals surface area contributed by atoms with E-state index in [0.29, 0.717) is 36.5 Å². The molecular formula is C23H26F3N7O. The lowest BCUT2D eigenvalue weighted by atomic mass is 10.1. The standard InChI is InChI=1S/C23H26F3N7O/c1-4-5-17-22(34)31-20-14(2)29-19(30-21(20)32(17)3)9-7-16-11-28-33(13-16)12-15-6-8-18(27-10-15)23(24,25)26/h6,8,10-11,13,17H,4-5,7,9,12H2,1-3H3,(H,31,34)/t17-/m1/s1. The lowest BCUT2D eigenvalue weighted by Crippen LogP contribution is -2.46. The van der Waals surface area contributed by atoms with E-state index in [1.165, 1.54) is 12.3 Å². The number of amides is 1. The first kappa shape index (κ1) is 23.7. The zero-order chi connectivity index (χ0) is 24.5. The predicted molar refractivity (Wildman–Crippen MR) is 120 cm³/mol. The van der Waals surface area contributed by atoms with Crippen molar-refractivity contribution in [2.24, 2.45) is 0 Å².